The molecular formula is C19H24BrN5O3S. The fraction of sp³-hybridized carbons (Fsp3) is 0.421. The summed E-state index contributed by atoms with van der Waals surface area (Å²) >= 11 is 5.10. The van der Waals surface area contributed by atoms with Crippen molar-refractivity contribution in [2.24, 2.45) is 5.73 Å². The van der Waals surface area contributed by atoms with Crippen molar-refractivity contribution in [3.05, 3.63) is 33.4 Å². The standard InChI is InChI=1S/C19H24BrN5O3S/c1-5-27-13-9-11(8-12(20)16(13)28-6-2)15-14(17(21)26)10(4)22-18-23-19(29-7-3)24-25(15)18/h8-9,15H,5-7H2,1-4H3,(H2,21,26)(H,22,23,24). The predicted molar refractivity (Wildman–Crippen MR) is 117 cm³/mol. The molecule has 0 fully saturated rings. The van der Waals surface area contributed by atoms with E-state index in [-0.39, 0.29) is 0 Å². The van der Waals surface area contributed by atoms with Gasteiger partial charge in [-0.05, 0) is 60.2 Å². The van der Waals surface area contributed by atoms with Gasteiger partial charge in [0.15, 0.2) is 11.5 Å². The minimum Gasteiger partial charge on any atom is -0.490 e. The molecule has 3 N–H and O–H groups in total. The van der Waals surface area contributed by atoms with Gasteiger partial charge in [0.25, 0.3) is 0 Å². The average molecular weight is 482 g/mol. The molecule has 8 nitrogen and oxygen atoms in total. The Bertz CT molecular complexity index is 960. The van der Waals surface area contributed by atoms with Gasteiger partial charge in [-0.15, -0.1) is 5.10 Å². The van der Waals surface area contributed by atoms with Crippen LogP contribution in [0.25, 0.3) is 0 Å². The highest BCUT2D eigenvalue weighted by Gasteiger charge is 2.34. The highest BCUT2D eigenvalue weighted by atomic mass is 79.9. The summed E-state index contributed by atoms with van der Waals surface area (Å²) in [6, 6.07) is 3.23. The number of hydrogen-bond donors (Lipinski definition) is 2. The number of halogens is 1. The molecule has 1 aromatic carbocycles. The number of amides is 1. The maximum Gasteiger partial charge on any atom is 0.248 e. The molecule has 1 amide bonds. The van der Waals surface area contributed by atoms with Gasteiger partial charge in [0.05, 0.1) is 23.3 Å². The third-order valence-corrected chi connectivity index (χ3v) is 5.62. The molecular weight excluding hydrogens is 458 g/mol. The molecule has 2 heterocycles. The summed E-state index contributed by atoms with van der Waals surface area (Å²) in [4.78, 5) is 16.9. The topological polar surface area (TPSA) is 104 Å². The molecule has 10 heteroatoms. The van der Waals surface area contributed by atoms with Crippen molar-refractivity contribution in [2.75, 3.05) is 24.3 Å². The van der Waals surface area contributed by atoms with Crippen LogP contribution in [-0.4, -0.2) is 39.6 Å². The molecule has 1 aliphatic heterocycles. The first-order chi connectivity index (χ1) is 13.9. The molecule has 1 unspecified atom stereocenters. The Kier molecular flexibility index (Phi) is 6.74. The predicted octanol–water partition coefficient (Wildman–Crippen LogP) is 3.72. The summed E-state index contributed by atoms with van der Waals surface area (Å²) in [6.07, 6.45) is 0. The van der Waals surface area contributed by atoms with Crippen molar-refractivity contribution in [3.8, 4) is 11.5 Å². The first-order valence-electron chi connectivity index (χ1n) is 9.37. The van der Waals surface area contributed by atoms with Crippen molar-refractivity contribution >= 4 is 39.5 Å². The van der Waals surface area contributed by atoms with Crippen LogP contribution in [0.3, 0.4) is 0 Å². The van der Waals surface area contributed by atoms with Crippen LogP contribution in [0, 0.1) is 0 Å². The summed E-state index contributed by atoms with van der Waals surface area (Å²) in [6.45, 7) is 8.64. The molecule has 0 bridgehead atoms. The van der Waals surface area contributed by atoms with Crippen molar-refractivity contribution in [1.29, 1.82) is 0 Å². The number of nitrogens with one attached hydrogen (secondary N) is 1. The highest BCUT2D eigenvalue weighted by molar-refractivity contribution is 9.10. The number of nitrogens with zero attached hydrogens (tertiary/aromatic N) is 3. The second-order valence-electron chi connectivity index (χ2n) is 6.22. The van der Waals surface area contributed by atoms with Crippen LogP contribution in [0.2, 0.25) is 0 Å². The van der Waals surface area contributed by atoms with E-state index in [1.54, 1.807) is 4.68 Å². The van der Waals surface area contributed by atoms with Gasteiger partial charge in [0.1, 0.15) is 6.04 Å². The van der Waals surface area contributed by atoms with Gasteiger partial charge in [-0.2, -0.15) is 4.98 Å². The van der Waals surface area contributed by atoms with Gasteiger partial charge < -0.3 is 20.5 Å². The summed E-state index contributed by atoms with van der Waals surface area (Å²) in [5.41, 5.74) is 7.61. The van der Waals surface area contributed by atoms with E-state index in [4.69, 9.17) is 15.2 Å². The van der Waals surface area contributed by atoms with E-state index < -0.39 is 11.9 Å². The zero-order chi connectivity index (χ0) is 21.1. The Morgan fingerprint density at radius 2 is 2.03 bits per heavy atom. The molecule has 3 rings (SSSR count). The van der Waals surface area contributed by atoms with E-state index in [9.17, 15) is 4.79 Å². The van der Waals surface area contributed by atoms with Gasteiger partial charge in [-0.3, -0.25) is 4.79 Å². The summed E-state index contributed by atoms with van der Waals surface area (Å²) in [5, 5.41) is 8.38. The SMILES string of the molecule is CCOc1cc(C2C(C(N)=O)=C(C)Nc3nc(SCC)nn32)cc(Br)c1OCC. The monoisotopic (exact) mass is 481 g/mol. The number of fused-ring (bicyclic) bond motifs is 1. The third kappa shape index (κ3) is 4.23. The average Bonchev–Trinajstić information content (AvgIpc) is 3.05. The number of rotatable bonds is 8. The molecule has 156 valence electrons. The van der Waals surface area contributed by atoms with Crippen LogP contribution in [0.5, 0.6) is 11.5 Å². The van der Waals surface area contributed by atoms with Crippen LogP contribution in [0.1, 0.15) is 39.3 Å². The highest BCUT2D eigenvalue weighted by Crippen LogP contribution is 2.43. The fourth-order valence-electron chi connectivity index (χ4n) is 3.24. The number of hydrogen-bond acceptors (Lipinski definition) is 7. The van der Waals surface area contributed by atoms with Gasteiger partial charge >= 0.3 is 0 Å². The number of primary amides is 1. The quantitative estimate of drug-likeness (QED) is 0.553. The number of anilines is 1. The van der Waals surface area contributed by atoms with Crippen molar-refractivity contribution in [1.82, 2.24) is 14.8 Å². The molecule has 0 saturated carbocycles. The van der Waals surface area contributed by atoms with E-state index in [0.29, 0.717) is 47.1 Å². The van der Waals surface area contributed by atoms with Gasteiger partial charge in [0, 0.05) is 5.70 Å². The van der Waals surface area contributed by atoms with Crippen LogP contribution < -0.4 is 20.5 Å². The second-order valence-corrected chi connectivity index (χ2v) is 8.31. The molecule has 0 aliphatic carbocycles. The van der Waals surface area contributed by atoms with E-state index in [1.165, 1.54) is 11.8 Å². The van der Waals surface area contributed by atoms with E-state index in [1.807, 2.05) is 39.8 Å². The van der Waals surface area contributed by atoms with Crippen molar-refractivity contribution < 1.29 is 14.3 Å². The minimum atomic E-state index is -0.534. The zero-order valence-corrected chi connectivity index (χ0v) is 19.2. The Morgan fingerprint density at radius 3 is 2.66 bits per heavy atom. The lowest BCUT2D eigenvalue weighted by molar-refractivity contribution is -0.115. The second kappa shape index (κ2) is 9.08. The summed E-state index contributed by atoms with van der Waals surface area (Å²) < 4.78 is 14.0. The molecule has 2 aromatic rings. The van der Waals surface area contributed by atoms with E-state index >= 15 is 0 Å². The largest absolute Gasteiger partial charge is 0.490 e. The molecule has 29 heavy (non-hydrogen) atoms. The van der Waals surface area contributed by atoms with Crippen LogP contribution >= 0.6 is 27.7 Å². The molecule has 0 saturated heterocycles. The van der Waals surface area contributed by atoms with Crippen LogP contribution in [-0.2, 0) is 4.79 Å². The van der Waals surface area contributed by atoms with E-state index in [0.717, 1.165) is 15.8 Å². The van der Waals surface area contributed by atoms with Gasteiger partial charge in [-0.25, -0.2) is 4.68 Å². The molecule has 0 radical (unpaired) electrons. The Labute approximate surface area is 182 Å². The lowest BCUT2D eigenvalue weighted by atomic mass is 9.95. The van der Waals surface area contributed by atoms with Crippen LogP contribution in [0.15, 0.2) is 33.0 Å². The third-order valence-electron chi connectivity index (χ3n) is 4.31. The minimum absolute atomic E-state index is 0.425. The number of carbonyl (C=O) groups excluding carboxylic acids is 1. The summed E-state index contributed by atoms with van der Waals surface area (Å²) in [5.74, 6) is 2.09. The Hall–Kier alpha value is -2.20. The summed E-state index contributed by atoms with van der Waals surface area (Å²) in [7, 11) is 0. The molecule has 0 spiro atoms. The molecule has 1 aromatic heterocycles. The van der Waals surface area contributed by atoms with Crippen LogP contribution in [0.4, 0.5) is 5.95 Å². The number of allylic oxidation sites excluding steroid dienone is 1. The normalized spacial score (nSPS) is 15.7. The van der Waals surface area contributed by atoms with Crippen molar-refractivity contribution in [2.45, 2.75) is 38.9 Å². The Balaban J connectivity index is 2.20. The number of thioether (sulfide) groups is 1. The first-order valence-corrected chi connectivity index (χ1v) is 11.1. The fourth-order valence-corrected chi connectivity index (χ4v) is 4.37. The lowest BCUT2D eigenvalue weighted by Crippen LogP contribution is -2.32. The van der Waals surface area contributed by atoms with E-state index in [2.05, 4.69) is 31.3 Å². The zero-order valence-electron chi connectivity index (χ0n) is 16.8. The van der Waals surface area contributed by atoms with Crippen molar-refractivity contribution in [3.63, 3.8) is 0 Å². The maximum absolute atomic E-state index is 12.3. The number of ether oxygens (including phenoxy) is 2. The number of aromatic nitrogens is 3. The number of benzene rings is 1. The Morgan fingerprint density at radius 1 is 1.31 bits per heavy atom. The lowest BCUT2D eigenvalue weighted by Gasteiger charge is -2.28. The first kappa shape index (κ1) is 21.5. The number of carbonyl (C=O) groups is 1. The van der Waals surface area contributed by atoms with Gasteiger partial charge in [0.2, 0.25) is 17.0 Å². The maximum atomic E-state index is 12.3. The smallest absolute Gasteiger partial charge is 0.248 e. The van der Waals surface area contributed by atoms with Gasteiger partial charge in [-0.1, -0.05) is 18.7 Å². The molecule has 1 atom stereocenters. The number of nitrogens with two attached hydrogens (primary N) is 1. The molecule has 1 aliphatic rings.